The van der Waals surface area contributed by atoms with Crippen LogP contribution in [-0.4, -0.2) is 47.2 Å². The summed E-state index contributed by atoms with van der Waals surface area (Å²) < 4.78 is 42.7. The minimum absolute atomic E-state index is 0.0565. The number of benzene rings is 2. The van der Waals surface area contributed by atoms with Gasteiger partial charge in [0.25, 0.3) is 5.91 Å². The first kappa shape index (κ1) is 26.7. The van der Waals surface area contributed by atoms with E-state index < -0.39 is 34.6 Å². The summed E-state index contributed by atoms with van der Waals surface area (Å²) in [5.74, 6) is -3.26. The maximum absolute atomic E-state index is 14.6. The zero-order chi connectivity index (χ0) is 24.9. The number of hydrogen-bond donors (Lipinski definition) is 3. The molecule has 0 spiro atoms. The molecule has 0 radical (unpaired) electrons. The molecule has 3 N–H and O–H groups in total. The van der Waals surface area contributed by atoms with E-state index in [-0.39, 0.29) is 30.4 Å². The van der Waals surface area contributed by atoms with Crippen molar-refractivity contribution in [1.29, 1.82) is 0 Å². The van der Waals surface area contributed by atoms with Crippen molar-refractivity contribution in [3.05, 3.63) is 58.9 Å². The Morgan fingerprint density at radius 3 is 2.30 bits per heavy atom. The maximum Gasteiger partial charge on any atom is 0.256 e. The third kappa shape index (κ3) is 6.26. The van der Waals surface area contributed by atoms with Gasteiger partial charge in [0.05, 0.1) is 30.0 Å². The molecule has 0 saturated carbocycles. The summed E-state index contributed by atoms with van der Waals surface area (Å²) >= 11 is 0. The van der Waals surface area contributed by atoms with E-state index in [9.17, 15) is 23.1 Å². The third-order valence-electron chi connectivity index (χ3n) is 5.72. The number of halogens is 3. The summed E-state index contributed by atoms with van der Waals surface area (Å²) in [5.41, 5.74) is -1.07. The van der Waals surface area contributed by atoms with Crippen molar-refractivity contribution in [2.45, 2.75) is 53.2 Å². The first-order valence-corrected chi connectivity index (χ1v) is 11.3. The number of carbonyl (C=O) groups is 1. The van der Waals surface area contributed by atoms with E-state index in [1.54, 1.807) is 13.0 Å². The topological polar surface area (TPSA) is 64.6 Å². The van der Waals surface area contributed by atoms with Crippen LogP contribution >= 0.6 is 0 Å². The summed E-state index contributed by atoms with van der Waals surface area (Å²) in [5, 5.41) is 16.4. The van der Waals surface area contributed by atoms with E-state index in [1.165, 1.54) is 17.0 Å². The van der Waals surface area contributed by atoms with Crippen LogP contribution in [0, 0.1) is 30.3 Å². The van der Waals surface area contributed by atoms with Gasteiger partial charge in [-0.2, -0.15) is 0 Å². The second-order valence-corrected chi connectivity index (χ2v) is 8.69. The molecule has 3 rings (SSSR count). The highest BCUT2D eigenvalue weighted by Gasteiger charge is 2.44. The normalized spacial score (nSPS) is 15.4. The van der Waals surface area contributed by atoms with Gasteiger partial charge in [0.2, 0.25) is 0 Å². The number of aryl methyl sites for hydroxylation is 1. The average Bonchev–Trinajstić information content (AvgIpc) is 2.76. The number of hydrogen-bond acceptors (Lipinski definition) is 4. The lowest BCUT2D eigenvalue weighted by Gasteiger charge is -2.47. The minimum Gasteiger partial charge on any atom is -0.385 e. The molecule has 8 heteroatoms. The molecule has 182 valence electrons. The molecule has 1 saturated heterocycles. The van der Waals surface area contributed by atoms with Gasteiger partial charge in [-0.05, 0) is 49.6 Å². The summed E-state index contributed by atoms with van der Waals surface area (Å²) in [6, 6.07) is 6.47. The highest BCUT2D eigenvalue weighted by atomic mass is 19.2. The van der Waals surface area contributed by atoms with Crippen LogP contribution in [0.1, 0.15) is 50.5 Å². The van der Waals surface area contributed by atoms with E-state index in [4.69, 9.17) is 0 Å². The van der Waals surface area contributed by atoms with Gasteiger partial charge in [0.15, 0.2) is 11.6 Å². The van der Waals surface area contributed by atoms with Gasteiger partial charge < -0.3 is 20.6 Å². The molecule has 0 aliphatic carbocycles. The second-order valence-electron chi connectivity index (χ2n) is 8.69. The first-order chi connectivity index (χ1) is 15.5. The van der Waals surface area contributed by atoms with Gasteiger partial charge in [-0.15, -0.1) is 0 Å². The van der Waals surface area contributed by atoms with Crippen molar-refractivity contribution in [1.82, 2.24) is 10.2 Å². The summed E-state index contributed by atoms with van der Waals surface area (Å²) in [6.07, 6.45) is 0. The summed E-state index contributed by atoms with van der Waals surface area (Å²) in [7, 11) is 0. The number of amides is 1. The Morgan fingerprint density at radius 2 is 1.73 bits per heavy atom. The van der Waals surface area contributed by atoms with Crippen molar-refractivity contribution in [2.75, 3.05) is 25.0 Å². The van der Waals surface area contributed by atoms with Gasteiger partial charge in [0.1, 0.15) is 11.4 Å². The van der Waals surface area contributed by atoms with Crippen molar-refractivity contribution in [2.24, 2.45) is 5.92 Å². The SMILES string of the molecule is CC.Cc1ccc(Nc2c(C(=O)N3CC(O)(CNC(C)C(C)C)C3)ccc(F)c2F)c(F)c1. The lowest BCUT2D eigenvalue weighted by Crippen LogP contribution is -2.67. The predicted octanol–water partition coefficient (Wildman–Crippen LogP) is 5.00. The molecule has 1 heterocycles. The van der Waals surface area contributed by atoms with E-state index in [1.807, 2.05) is 20.8 Å². The molecule has 0 bridgehead atoms. The molecule has 1 aliphatic rings. The Morgan fingerprint density at radius 1 is 1.09 bits per heavy atom. The standard InChI is InChI=1S/C23H28F3N3O2.C2H6/c1-13(2)15(4)27-10-23(31)11-29(12-23)22(30)16-6-7-17(24)20(26)21(16)28-19-8-5-14(3)9-18(19)25;1-2/h5-9,13,15,27-28,31H,10-12H2,1-4H3;1-2H3. The fourth-order valence-electron chi connectivity index (χ4n) is 3.38. The largest absolute Gasteiger partial charge is 0.385 e. The first-order valence-electron chi connectivity index (χ1n) is 11.3. The van der Waals surface area contributed by atoms with Crippen molar-refractivity contribution < 1.29 is 23.1 Å². The van der Waals surface area contributed by atoms with Crippen LogP contribution in [0.15, 0.2) is 30.3 Å². The molecular formula is C25H34F3N3O2. The molecule has 2 aromatic rings. The van der Waals surface area contributed by atoms with Gasteiger partial charge in [0, 0.05) is 12.6 Å². The molecule has 5 nitrogen and oxygen atoms in total. The van der Waals surface area contributed by atoms with Gasteiger partial charge in [-0.1, -0.05) is 33.8 Å². The van der Waals surface area contributed by atoms with Crippen LogP contribution in [0.4, 0.5) is 24.5 Å². The molecule has 1 fully saturated rings. The van der Waals surface area contributed by atoms with Gasteiger partial charge >= 0.3 is 0 Å². The predicted molar refractivity (Wildman–Crippen MR) is 125 cm³/mol. The smallest absolute Gasteiger partial charge is 0.256 e. The molecule has 1 amide bonds. The Balaban J connectivity index is 0.00000187. The van der Waals surface area contributed by atoms with Crippen LogP contribution in [0.25, 0.3) is 0 Å². The zero-order valence-corrected chi connectivity index (χ0v) is 20.1. The molecular weight excluding hydrogens is 431 g/mol. The highest BCUT2D eigenvalue weighted by molar-refractivity contribution is 6.01. The Bertz CT molecular complexity index is 976. The lowest BCUT2D eigenvalue weighted by molar-refractivity contribution is -0.0801. The van der Waals surface area contributed by atoms with Crippen LogP contribution in [-0.2, 0) is 0 Å². The van der Waals surface area contributed by atoms with Gasteiger partial charge in [-0.3, -0.25) is 4.79 Å². The molecule has 1 aliphatic heterocycles. The maximum atomic E-state index is 14.6. The van der Waals surface area contributed by atoms with Crippen molar-refractivity contribution >= 4 is 17.3 Å². The minimum atomic E-state index is -1.27. The number of nitrogens with zero attached hydrogens (tertiary/aromatic N) is 1. The quantitative estimate of drug-likeness (QED) is 0.538. The average molecular weight is 466 g/mol. The van der Waals surface area contributed by atoms with Crippen LogP contribution < -0.4 is 10.6 Å². The Kier molecular flexibility index (Phi) is 8.91. The van der Waals surface area contributed by atoms with Crippen LogP contribution in [0.2, 0.25) is 0 Å². The monoisotopic (exact) mass is 465 g/mol. The van der Waals surface area contributed by atoms with E-state index >= 15 is 0 Å². The lowest BCUT2D eigenvalue weighted by atomic mass is 9.92. The Hall–Kier alpha value is -2.58. The summed E-state index contributed by atoms with van der Waals surface area (Å²) in [6.45, 7) is 12.3. The third-order valence-corrected chi connectivity index (χ3v) is 5.72. The fraction of sp³-hybridized carbons (Fsp3) is 0.480. The molecule has 0 aromatic heterocycles. The number of carbonyl (C=O) groups excluding carboxylic acids is 1. The number of anilines is 2. The van der Waals surface area contributed by atoms with E-state index in [0.717, 1.165) is 12.1 Å². The van der Waals surface area contributed by atoms with E-state index in [2.05, 4.69) is 24.5 Å². The molecule has 1 unspecified atom stereocenters. The molecule has 1 atom stereocenters. The van der Waals surface area contributed by atoms with Crippen molar-refractivity contribution in [3.8, 4) is 0 Å². The number of aliphatic hydroxyl groups is 1. The van der Waals surface area contributed by atoms with E-state index in [0.29, 0.717) is 18.0 Å². The number of rotatable bonds is 7. The Labute approximate surface area is 194 Å². The van der Waals surface area contributed by atoms with Crippen LogP contribution in [0.5, 0.6) is 0 Å². The van der Waals surface area contributed by atoms with Gasteiger partial charge in [-0.25, -0.2) is 13.2 Å². The second kappa shape index (κ2) is 11.0. The fourth-order valence-corrected chi connectivity index (χ4v) is 3.38. The molecule has 2 aromatic carbocycles. The zero-order valence-electron chi connectivity index (χ0n) is 20.1. The summed E-state index contributed by atoms with van der Waals surface area (Å²) in [4.78, 5) is 14.3. The van der Waals surface area contributed by atoms with Crippen LogP contribution in [0.3, 0.4) is 0 Å². The number of nitrogens with one attached hydrogen (secondary N) is 2. The number of likely N-dealkylation sites (tertiary alicyclic amines) is 1. The van der Waals surface area contributed by atoms with Crippen molar-refractivity contribution in [3.63, 3.8) is 0 Å². The molecule has 33 heavy (non-hydrogen) atoms. The number of β-amino-alcohol motifs (C(OH)–C–C–N with tert-alkyl or cyclic N) is 1. The highest BCUT2D eigenvalue weighted by Crippen LogP contribution is 2.31.